The van der Waals surface area contributed by atoms with E-state index in [1.54, 1.807) is 11.8 Å². The second kappa shape index (κ2) is 6.82. The third-order valence-electron chi connectivity index (χ3n) is 3.30. The van der Waals surface area contributed by atoms with Crippen LogP contribution >= 0.6 is 11.8 Å². The maximum Gasteiger partial charge on any atom is 0.242 e. The van der Waals surface area contributed by atoms with E-state index in [9.17, 15) is 4.79 Å². The molecule has 0 aliphatic carbocycles. The Kier molecular flexibility index (Phi) is 5.10. The van der Waals surface area contributed by atoms with Crippen molar-refractivity contribution >= 4 is 29.0 Å². The van der Waals surface area contributed by atoms with Crippen LogP contribution in [0.15, 0.2) is 24.3 Å². The highest BCUT2D eigenvalue weighted by Crippen LogP contribution is 2.18. The Morgan fingerprint density at radius 1 is 1.37 bits per heavy atom. The highest BCUT2D eigenvalue weighted by molar-refractivity contribution is 7.99. The third-order valence-corrected chi connectivity index (χ3v) is 4.24. The normalized spacial score (nSPS) is 18.3. The van der Waals surface area contributed by atoms with Gasteiger partial charge in [-0.05, 0) is 38.1 Å². The largest absolute Gasteiger partial charge is 0.372 e. The van der Waals surface area contributed by atoms with Gasteiger partial charge in [0.1, 0.15) is 0 Å². The number of rotatable bonds is 5. The van der Waals surface area contributed by atoms with Gasteiger partial charge >= 0.3 is 0 Å². The van der Waals surface area contributed by atoms with E-state index in [-0.39, 0.29) is 11.9 Å². The van der Waals surface area contributed by atoms with Crippen molar-refractivity contribution in [2.75, 3.05) is 34.9 Å². The van der Waals surface area contributed by atoms with E-state index in [2.05, 4.69) is 41.5 Å². The smallest absolute Gasteiger partial charge is 0.242 e. The van der Waals surface area contributed by atoms with Crippen LogP contribution in [-0.2, 0) is 4.79 Å². The molecule has 1 atom stereocenters. The summed E-state index contributed by atoms with van der Waals surface area (Å²) in [6.45, 7) is 6.27. The quantitative estimate of drug-likeness (QED) is 0.867. The van der Waals surface area contributed by atoms with Crippen LogP contribution in [0.5, 0.6) is 0 Å². The van der Waals surface area contributed by atoms with Gasteiger partial charge in [0.2, 0.25) is 5.91 Å². The number of hydrogen-bond donors (Lipinski definition) is 2. The minimum atomic E-state index is -0.0625. The van der Waals surface area contributed by atoms with Crippen molar-refractivity contribution in [2.24, 2.45) is 0 Å². The maximum atomic E-state index is 11.9. The van der Waals surface area contributed by atoms with Crippen LogP contribution in [0.2, 0.25) is 0 Å². The predicted molar refractivity (Wildman–Crippen MR) is 82.9 cm³/mol. The number of thioether (sulfide) groups is 1. The summed E-state index contributed by atoms with van der Waals surface area (Å²) in [5.41, 5.74) is 2.05. The molecule has 1 saturated heterocycles. The van der Waals surface area contributed by atoms with Crippen molar-refractivity contribution in [3.05, 3.63) is 24.3 Å². The van der Waals surface area contributed by atoms with Crippen LogP contribution in [0.25, 0.3) is 0 Å². The van der Waals surface area contributed by atoms with E-state index in [0.717, 1.165) is 30.4 Å². The fourth-order valence-corrected chi connectivity index (χ4v) is 3.08. The molecule has 0 aromatic heterocycles. The summed E-state index contributed by atoms with van der Waals surface area (Å²) in [4.78, 5) is 14.2. The Morgan fingerprint density at radius 3 is 2.58 bits per heavy atom. The van der Waals surface area contributed by atoms with Crippen molar-refractivity contribution < 1.29 is 4.79 Å². The Morgan fingerprint density at radius 2 is 2.05 bits per heavy atom. The lowest BCUT2D eigenvalue weighted by molar-refractivity contribution is -0.117. The van der Waals surface area contributed by atoms with Gasteiger partial charge in [-0.25, -0.2) is 0 Å². The lowest BCUT2D eigenvalue weighted by Crippen LogP contribution is -2.37. The number of amides is 1. The van der Waals surface area contributed by atoms with E-state index in [1.807, 2.05) is 12.1 Å². The Labute approximate surface area is 118 Å². The SMILES string of the molecule is CCN(CC)c1ccc(NC(=O)C2CSCN2)cc1. The molecule has 2 N–H and O–H groups in total. The second-order valence-electron chi connectivity index (χ2n) is 4.48. The first-order valence-electron chi connectivity index (χ1n) is 6.71. The first kappa shape index (κ1) is 14.2. The highest BCUT2D eigenvalue weighted by Gasteiger charge is 2.22. The lowest BCUT2D eigenvalue weighted by atomic mass is 10.2. The molecule has 0 saturated carbocycles. The topological polar surface area (TPSA) is 44.4 Å². The fraction of sp³-hybridized carbons (Fsp3) is 0.500. The molecule has 5 heteroatoms. The average Bonchev–Trinajstić information content (AvgIpc) is 2.96. The van der Waals surface area contributed by atoms with Crippen LogP contribution < -0.4 is 15.5 Å². The molecular formula is C14H21N3OS. The number of benzene rings is 1. The lowest BCUT2D eigenvalue weighted by Gasteiger charge is -2.21. The molecule has 1 aromatic rings. The molecule has 0 radical (unpaired) electrons. The molecule has 1 aromatic carbocycles. The van der Waals surface area contributed by atoms with Gasteiger partial charge in [-0.1, -0.05) is 0 Å². The minimum absolute atomic E-state index is 0.0561. The van der Waals surface area contributed by atoms with Crippen molar-refractivity contribution in [1.82, 2.24) is 5.32 Å². The number of nitrogens with zero attached hydrogens (tertiary/aromatic N) is 1. The van der Waals surface area contributed by atoms with Crippen molar-refractivity contribution in [3.8, 4) is 0 Å². The molecule has 0 spiro atoms. The van der Waals surface area contributed by atoms with Crippen LogP contribution in [0, 0.1) is 0 Å². The molecule has 104 valence electrons. The van der Waals surface area contributed by atoms with Crippen molar-refractivity contribution in [3.63, 3.8) is 0 Å². The Bertz CT molecular complexity index is 411. The summed E-state index contributed by atoms with van der Waals surface area (Å²) in [5.74, 6) is 1.77. The van der Waals surface area contributed by atoms with Crippen LogP contribution in [0.4, 0.5) is 11.4 Å². The molecule has 1 amide bonds. The van der Waals surface area contributed by atoms with Gasteiger partial charge in [-0.3, -0.25) is 10.1 Å². The predicted octanol–water partition coefficient (Wildman–Crippen LogP) is 2.13. The molecule has 19 heavy (non-hydrogen) atoms. The first-order chi connectivity index (χ1) is 9.24. The fourth-order valence-electron chi connectivity index (χ4n) is 2.14. The van der Waals surface area contributed by atoms with Crippen LogP contribution in [0.1, 0.15) is 13.8 Å². The number of carbonyl (C=O) groups is 1. The van der Waals surface area contributed by atoms with E-state index in [0.29, 0.717) is 0 Å². The maximum absolute atomic E-state index is 11.9. The molecule has 1 aliphatic heterocycles. The van der Waals surface area contributed by atoms with Gasteiger partial charge in [0.15, 0.2) is 0 Å². The van der Waals surface area contributed by atoms with Gasteiger partial charge in [0.05, 0.1) is 6.04 Å². The zero-order chi connectivity index (χ0) is 13.7. The van der Waals surface area contributed by atoms with E-state index in [1.165, 1.54) is 5.69 Å². The summed E-state index contributed by atoms with van der Waals surface area (Å²) in [5, 5.41) is 6.12. The van der Waals surface area contributed by atoms with Gasteiger partial charge in [0.25, 0.3) is 0 Å². The van der Waals surface area contributed by atoms with Gasteiger partial charge in [0, 0.05) is 36.1 Å². The number of carbonyl (C=O) groups excluding carboxylic acids is 1. The zero-order valence-electron chi connectivity index (χ0n) is 11.5. The summed E-state index contributed by atoms with van der Waals surface area (Å²) in [6, 6.07) is 7.98. The molecule has 2 rings (SSSR count). The van der Waals surface area contributed by atoms with Crippen LogP contribution in [-0.4, -0.2) is 36.7 Å². The van der Waals surface area contributed by atoms with E-state index in [4.69, 9.17) is 0 Å². The summed E-state index contributed by atoms with van der Waals surface area (Å²) >= 11 is 1.75. The molecule has 0 bridgehead atoms. The average molecular weight is 279 g/mol. The third kappa shape index (κ3) is 3.64. The van der Waals surface area contributed by atoms with E-state index < -0.39 is 0 Å². The number of nitrogens with one attached hydrogen (secondary N) is 2. The van der Waals surface area contributed by atoms with Gasteiger partial charge in [-0.15, -0.1) is 11.8 Å². The summed E-state index contributed by atoms with van der Waals surface area (Å²) < 4.78 is 0. The standard InChI is InChI=1S/C14H21N3OS/c1-3-17(4-2)12-7-5-11(6-8-12)16-14(18)13-9-19-10-15-13/h5-8,13,15H,3-4,9-10H2,1-2H3,(H,16,18). The molecule has 1 aliphatic rings. The van der Waals surface area contributed by atoms with Gasteiger partial charge < -0.3 is 10.2 Å². The highest BCUT2D eigenvalue weighted by atomic mass is 32.2. The molecule has 1 fully saturated rings. The molecule has 4 nitrogen and oxygen atoms in total. The number of anilines is 2. The summed E-state index contributed by atoms with van der Waals surface area (Å²) in [6.07, 6.45) is 0. The minimum Gasteiger partial charge on any atom is -0.372 e. The van der Waals surface area contributed by atoms with E-state index >= 15 is 0 Å². The summed E-state index contributed by atoms with van der Waals surface area (Å²) in [7, 11) is 0. The first-order valence-corrected chi connectivity index (χ1v) is 7.87. The van der Waals surface area contributed by atoms with Crippen molar-refractivity contribution in [2.45, 2.75) is 19.9 Å². The van der Waals surface area contributed by atoms with Crippen molar-refractivity contribution in [1.29, 1.82) is 0 Å². The number of hydrogen-bond acceptors (Lipinski definition) is 4. The monoisotopic (exact) mass is 279 g/mol. The molecule has 1 unspecified atom stereocenters. The van der Waals surface area contributed by atoms with Gasteiger partial charge in [-0.2, -0.15) is 0 Å². The Hall–Kier alpha value is -1.20. The molecular weight excluding hydrogens is 258 g/mol. The Balaban J connectivity index is 1.96. The second-order valence-corrected chi connectivity index (χ2v) is 5.51. The zero-order valence-corrected chi connectivity index (χ0v) is 12.3. The van der Waals surface area contributed by atoms with Crippen LogP contribution in [0.3, 0.4) is 0 Å². The molecule has 1 heterocycles.